The molecule has 0 heterocycles. The second-order valence-corrected chi connectivity index (χ2v) is 5.73. The Morgan fingerprint density at radius 2 is 1.54 bits per heavy atom. The van der Waals surface area contributed by atoms with Crippen molar-refractivity contribution in [1.29, 1.82) is 0 Å². The number of aliphatic hydroxyl groups excluding tert-OH is 1. The van der Waals surface area contributed by atoms with Crippen LogP contribution in [0.2, 0.25) is 0 Å². The van der Waals surface area contributed by atoms with Gasteiger partial charge in [-0.15, -0.1) is 0 Å². The number of aliphatic hydroxyl groups is 1. The van der Waals surface area contributed by atoms with Gasteiger partial charge in [-0.1, -0.05) is 42.5 Å². The first-order chi connectivity index (χ1) is 12.8. The van der Waals surface area contributed by atoms with Crippen LogP contribution in [0.15, 0.2) is 72.8 Å². The van der Waals surface area contributed by atoms with Crippen LogP contribution in [0.5, 0.6) is 17.2 Å². The van der Waals surface area contributed by atoms with Gasteiger partial charge in [-0.05, 0) is 35.4 Å². The quantitative estimate of drug-likeness (QED) is 0.657. The summed E-state index contributed by atoms with van der Waals surface area (Å²) in [6.07, 6.45) is 0. The summed E-state index contributed by atoms with van der Waals surface area (Å²) < 4.78 is 16.8. The highest BCUT2D eigenvalue weighted by Gasteiger charge is 2.08. The Morgan fingerprint density at radius 3 is 2.23 bits per heavy atom. The lowest BCUT2D eigenvalue weighted by Crippen LogP contribution is -2.01. The molecule has 3 rings (SSSR count). The lowest BCUT2D eigenvalue weighted by molar-refractivity contribution is 0.201. The molecule has 0 aliphatic carbocycles. The van der Waals surface area contributed by atoms with Crippen molar-refractivity contribution < 1.29 is 19.3 Å². The number of rotatable bonds is 8. The third-order valence-electron chi connectivity index (χ3n) is 3.95. The predicted octanol–water partition coefficient (Wildman–Crippen LogP) is 4.31. The third-order valence-corrected chi connectivity index (χ3v) is 3.95. The summed E-state index contributed by atoms with van der Waals surface area (Å²) >= 11 is 0. The summed E-state index contributed by atoms with van der Waals surface area (Å²) in [7, 11) is 1.65. The van der Waals surface area contributed by atoms with Crippen molar-refractivity contribution in [3.8, 4) is 28.4 Å². The Bertz CT molecular complexity index is 813. The monoisotopic (exact) mass is 350 g/mol. The second kappa shape index (κ2) is 8.92. The van der Waals surface area contributed by atoms with Crippen LogP contribution in [-0.4, -0.2) is 25.4 Å². The molecule has 134 valence electrons. The maximum absolute atomic E-state index is 8.82. The predicted molar refractivity (Wildman–Crippen MR) is 102 cm³/mol. The van der Waals surface area contributed by atoms with E-state index in [0.29, 0.717) is 6.61 Å². The number of benzene rings is 3. The van der Waals surface area contributed by atoms with E-state index in [4.69, 9.17) is 19.3 Å². The molecule has 0 atom stereocenters. The van der Waals surface area contributed by atoms with Crippen molar-refractivity contribution in [3.63, 3.8) is 0 Å². The fourth-order valence-corrected chi connectivity index (χ4v) is 2.63. The molecule has 0 spiro atoms. The Balaban J connectivity index is 1.74. The highest BCUT2D eigenvalue weighted by Crippen LogP contribution is 2.34. The van der Waals surface area contributed by atoms with Crippen molar-refractivity contribution in [2.45, 2.75) is 6.61 Å². The summed E-state index contributed by atoms with van der Waals surface area (Å²) in [5.41, 5.74) is 3.12. The van der Waals surface area contributed by atoms with Gasteiger partial charge in [0.1, 0.15) is 30.5 Å². The molecule has 26 heavy (non-hydrogen) atoms. The molecule has 3 aromatic carbocycles. The van der Waals surface area contributed by atoms with Crippen LogP contribution in [0.4, 0.5) is 0 Å². The molecule has 0 aliphatic heterocycles. The van der Waals surface area contributed by atoms with E-state index in [1.807, 2.05) is 72.8 Å². The minimum atomic E-state index is 0.0000177. The van der Waals surface area contributed by atoms with Gasteiger partial charge in [0.25, 0.3) is 0 Å². The zero-order valence-electron chi connectivity index (χ0n) is 14.7. The smallest absolute Gasteiger partial charge is 0.130 e. The number of hydrogen-bond acceptors (Lipinski definition) is 4. The summed E-state index contributed by atoms with van der Waals surface area (Å²) in [6, 6.07) is 23.6. The number of methoxy groups -OCH3 is 1. The minimum absolute atomic E-state index is 0.0000177. The van der Waals surface area contributed by atoms with Crippen LogP contribution < -0.4 is 14.2 Å². The minimum Gasteiger partial charge on any atom is -0.496 e. The summed E-state index contributed by atoms with van der Waals surface area (Å²) in [4.78, 5) is 0. The Kier molecular flexibility index (Phi) is 6.12. The van der Waals surface area contributed by atoms with Crippen molar-refractivity contribution >= 4 is 0 Å². The molecule has 0 aliphatic rings. The number of ether oxygens (including phenoxy) is 3. The van der Waals surface area contributed by atoms with Gasteiger partial charge in [0.15, 0.2) is 0 Å². The molecule has 0 fully saturated rings. The van der Waals surface area contributed by atoms with E-state index in [9.17, 15) is 0 Å². The molecule has 0 bridgehead atoms. The molecule has 3 aromatic rings. The third kappa shape index (κ3) is 4.55. The van der Waals surface area contributed by atoms with E-state index in [0.717, 1.165) is 33.9 Å². The fourth-order valence-electron chi connectivity index (χ4n) is 2.63. The van der Waals surface area contributed by atoms with Gasteiger partial charge < -0.3 is 19.3 Å². The highest BCUT2D eigenvalue weighted by atomic mass is 16.5. The highest BCUT2D eigenvalue weighted by molar-refractivity contribution is 5.72. The lowest BCUT2D eigenvalue weighted by atomic mass is 10.0. The van der Waals surface area contributed by atoms with Crippen LogP contribution in [0, 0.1) is 0 Å². The molecule has 4 heteroatoms. The maximum atomic E-state index is 8.82. The van der Waals surface area contributed by atoms with Gasteiger partial charge in [0, 0.05) is 11.6 Å². The van der Waals surface area contributed by atoms with Crippen molar-refractivity contribution in [2.75, 3.05) is 20.3 Å². The van der Waals surface area contributed by atoms with Gasteiger partial charge in [-0.25, -0.2) is 0 Å². The van der Waals surface area contributed by atoms with Crippen LogP contribution in [0.1, 0.15) is 5.56 Å². The molecule has 0 unspecified atom stereocenters. The molecule has 0 aromatic heterocycles. The first-order valence-electron chi connectivity index (χ1n) is 8.49. The van der Waals surface area contributed by atoms with E-state index < -0.39 is 0 Å². The largest absolute Gasteiger partial charge is 0.496 e. The molecular weight excluding hydrogens is 328 g/mol. The molecule has 4 nitrogen and oxygen atoms in total. The van der Waals surface area contributed by atoms with Gasteiger partial charge in [0.2, 0.25) is 0 Å². The molecular formula is C22H22O4. The van der Waals surface area contributed by atoms with Gasteiger partial charge in [0.05, 0.1) is 13.7 Å². The van der Waals surface area contributed by atoms with Crippen LogP contribution in [0.3, 0.4) is 0 Å². The maximum Gasteiger partial charge on any atom is 0.130 e. The summed E-state index contributed by atoms with van der Waals surface area (Å²) in [6.45, 7) is 0.802. The fraction of sp³-hybridized carbons (Fsp3) is 0.182. The van der Waals surface area contributed by atoms with Gasteiger partial charge >= 0.3 is 0 Å². The van der Waals surface area contributed by atoms with Crippen LogP contribution in [0.25, 0.3) is 11.1 Å². The zero-order valence-corrected chi connectivity index (χ0v) is 14.7. The van der Waals surface area contributed by atoms with Crippen molar-refractivity contribution in [2.24, 2.45) is 0 Å². The van der Waals surface area contributed by atoms with E-state index in [1.54, 1.807) is 7.11 Å². The van der Waals surface area contributed by atoms with Crippen molar-refractivity contribution in [1.82, 2.24) is 0 Å². The van der Waals surface area contributed by atoms with Crippen molar-refractivity contribution in [3.05, 3.63) is 78.4 Å². The van der Waals surface area contributed by atoms with Gasteiger partial charge in [-0.3, -0.25) is 0 Å². The van der Waals surface area contributed by atoms with Crippen LogP contribution in [-0.2, 0) is 6.61 Å². The Labute approximate surface area is 153 Å². The van der Waals surface area contributed by atoms with E-state index in [2.05, 4.69) is 0 Å². The molecule has 0 saturated carbocycles. The zero-order chi connectivity index (χ0) is 18.2. The lowest BCUT2D eigenvalue weighted by Gasteiger charge is -2.13. The molecule has 0 saturated heterocycles. The first kappa shape index (κ1) is 17.8. The van der Waals surface area contributed by atoms with E-state index in [1.165, 1.54) is 0 Å². The summed E-state index contributed by atoms with van der Waals surface area (Å²) in [5.74, 6) is 2.24. The molecule has 0 amide bonds. The topological polar surface area (TPSA) is 47.9 Å². The number of hydrogen-bond donors (Lipinski definition) is 1. The average Bonchev–Trinajstić information content (AvgIpc) is 2.71. The molecule has 0 radical (unpaired) electrons. The summed E-state index contributed by atoms with van der Waals surface area (Å²) in [5, 5.41) is 8.82. The average molecular weight is 350 g/mol. The Morgan fingerprint density at radius 1 is 0.808 bits per heavy atom. The normalized spacial score (nSPS) is 10.4. The molecule has 1 N–H and O–H groups in total. The van der Waals surface area contributed by atoms with Gasteiger partial charge in [-0.2, -0.15) is 0 Å². The van der Waals surface area contributed by atoms with Crippen LogP contribution >= 0.6 is 0 Å². The SMILES string of the molecule is COc1cc(OCc2ccccc2)ccc1-c1ccc(OCCO)cc1. The Hall–Kier alpha value is -2.98. The second-order valence-electron chi connectivity index (χ2n) is 5.73. The standard InChI is InChI=1S/C22H22O4/c1-24-22-15-20(26-16-17-5-3-2-4-6-17)11-12-21(22)18-7-9-19(10-8-18)25-14-13-23/h2-12,15,23H,13-14,16H2,1H3. The van der Waals surface area contributed by atoms with E-state index >= 15 is 0 Å². The van der Waals surface area contributed by atoms with E-state index in [-0.39, 0.29) is 13.2 Å². The first-order valence-corrected chi connectivity index (χ1v) is 8.49.